The lowest BCUT2D eigenvalue weighted by atomic mass is 10.2. The van der Waals surface area contributed by atoms with Gasteiger partial charge in [-0.2, -0.15) is 0 Å². The van der Waals surface area contributed by atoms with Crippen LogP contribution in [0.25, 0.3) is 0 Å². The van der Waals surface area contributed by atoms with E-state index in [0.717, 1.165) is 17.0 Å². The normalized spacial score (nSPS) is 10.2. The fraction of sp³-hybridized carbons (Fsp3) is 0.192. The number of hydrogen-bond acceptors (Lipinski definition) is 5. The van der Waals surface area contributed by atoms with Gasteiger partial charge in [0, 0.05) is 11.8 Å². The van der Waals surface area contributed by atoms with Gasteiger partial charge in [-0.1, -0.05) is 43.0 Å². The van der Waals surface area contributed by atoms with E-state index in [0.29, 0.717) is 37.0 Å². The molecule has 0 aliphatic rings. The van der Waals surface area contributed by atoms with Gasteiger partial charge in [0.25, 0.3) is 0 Å². The summed E-state index contributed by atoms with van der Waals surface area (Å²) in [5, 5.41) is 5.99. The SMILES string of the molecule is C=C(C)COc1ccccc1NC(=O)CNc1cccc(OCCOc2ccccc2)c1. The van der Waals surface area contributed by atoms with Crippen LogP contribution < -0.4 is 24.8 Å². The first-order chi connectivity index (χ1) is 15.6. The van der Waals surface area contributed by atoms with Crippen molar-refractivity contribution in [1.29, 1.82) is 0 Å². The van der Waals surface area contributed by atoms with Crippen LogP contribution in [-0.2, 0) is 4.79 Å². The van der Waals surface area contributed by atoms with E-state index < -0.39 is 0 Å². The summed E-state index contributed by atoms with van der Waals surface area (Å²) in [7, 11) is 0. The van der Waals surface area contributed by atoms with Gasteiger partial charge in [-0.3, -0.25) is 4.79 Å². The average molecular weight is 433 g/mol. The van der Waals surface area contributed by atoms with Gasteiger partial charge < -0.3 is 24.8 Å². The molecular formula is C26H28N2O4. The Morgan fingerprint density at radius 3 is 2.31 bits per heavy atom. The van der Waals surface area contributed by atoms with E-state index in [2.05, 4.69) is 17.2 Å². The molecular weight excluding hydrogens is 404 g/mol. The molecule has 3 aromatic carbocycles. The molecule has 0 bridgehead atoms. The first-order valence-corrected chi connectivity index (χ1v) is 10.4. The van der Waals surface area contributed by atoms with Gasteiger partial charge in [0.05, 0.1) is 12.2 Å². The van der Waals surface area contributed by atoms with Crippen molar-refractivity contribution < 1.29 is 19.0 Å². The Morgan fingerprint density at radius 1 is 0.844 bits per heavy atom. The zero-order valence-corrected chi connectivity index (χ0v) is 18.2. The molecule has 0 aliphatic carbocycles. The van der Waals surface area contributed by atoms with E-state index in [9.17, 15) is 4.79 Å². The molecule has 2 N–H and O–H groups in total. The first kappa shape index (κ1) is 22.7. The Balaban J connectivity index is 1.44. The second-order valence-electron chi connectivity index (χ2n) is 7.18. The predicted octanol–water partition coefficient (Wildman–Crippen LogP) is 5.15. The van der Waals surface area contributed by atoms with Crippen LogP contribution in [0.4, 0.5) is 11.4 Å². The van der Waals surface area contributed by atoms with Gasteiger partial charge in [0.2, 0.25) is 5.91 Å². The zero-order valence-electron chi connectivity index (χ0n) is 18.2. The van der Waals surface area contributed by atoms with Gasteiger partial charge in [-0.05, 0) is 48.9 Å². The third-order valence-corrected chi connectivity index (χ3v) is 4.29. The van der Waals surface area contributed by atoms with Crippen molar-refractivity contribution in [3.05, 3.63) is 91.0 Å². The van der Waals surface area contributed by atoms with Crippen LogP contribution in [0, 0.1) is 0 Å². The highest BCUT2D eigenvalue weighted by atomic mass is 16.5. The number of nitrogens with one attached hydrogen (secondary N) is 2. The Hall–Kier alpha value is -3.93. The summed E-state index contributed by atoms with van der Waals surface area (Å²) in [6.45, 7) is 7.08. The van der Waals surface area contributed by atoms with Crippen molar-refractivity contribution in [2.45, 2.75) is 6.92 Å². The second kappa shape index (κ2) is 12.1. The molecule has 6 heteroatoms. The lowest BCUT2D eigenvalue weighted by Crippen LogP contribution is -2.22. The predicted molar refractivity (Wildman–Crippen MR) is 128 cm³/mol. The topological polar surface area (TPSA) is 68.8 Å². The van der Waals surface area contributed by atoms with Crippen molar-refractivity contribution in [3.8, 4) is 17.2 Å². The Bertz CT molecular complexity index is 1020. The lowest BCUT2D eigenvalue weighted by Gasteiger charge is -2.13. The van der Waals surface area contributed by atoms with Crippen LogP contribution in [0.2, 0.25) is 0 Å². The number of para-hydroxylation sites is 3. The van der Waals surface area contributed by atoms with E-state index in [-0.39, 0.29) is 12.5 Å². The quantitative estimate of drug-likeness (QED) is 0.306. The standard InChI is InChI=1S/C26H28N2O4/c1-20(2)19-32-25-14-7-6-13-24(25)28-26(29)18-27-21-9-8-12-23(17-21)31-16-15-30-22-10-4-3-5-11-22/h3-14,17,27H,1,15-16,18-19H2,2H3,(H,28,29). The molecule has 0 aromatic heterocycles. The van der Waals surface area contributed by atoms with Crippen molar-refractivity contribution in [2.75, 3.05) is 37.0 Å². The van der Waals surface area contributed by atoms with Crippen LogP contribution in [-0.4, -0.2) is 32.3 Å². The van der Waals surface area contributed by atoms with Crippen molar-refractivity contribution in [2.24, 2.45) is 0 Å². The summed E-state index contributed by atoms with van der Waals surface area (Å²) < 4.78 is 17.1. The molecule has 0 unspecified atom stereocenters. The van der Waals surface area contributed by atoms with E-state index >= 15 is 0 Å². The Morgan fingerprint density at radius 2 is 1.53 bits per heavy atom. The summed E-state index contributed by atoms with van der Waals surface area (Å²) in [6, 6.07) is 24.4. The van der Waals surface area contributed by atoms with Crippen molar-refractivity contribution >= 4 is 17.3 Å². The molecule has 6 nitrogen and oxygen atoms in total. The van der Waals surface area contributed by atoms with E-state index in [1.54, 1.807) is 6.07 Å². The molecule has 32 heavy (non-hydrogen) atoms. The molecule has 0 heterocycles. The van der Waals surface area contributed by atoms with Crippen molar-refractivity contribution in [1.82, 2.24) is 0 Å². The molecule has 0 saturated carbocycles. The molecule has 166 valence electrons. The number of carbonyl (C=O) groups excluding carboxylic acids is 1. The maximum atomic E-state index is 12.4. The fourth-order valence-corrected chi connectivity index (χ4v) is 2.81. The van der Waals surface area contributed by atoms with Gasteiger partial charge in [-0.25, -0.2) is 0 Å². The maximum Gasteiger partial charge on any atom is 0.243 e. The molecule has 0 radical (unpaired) electrons. The van der Waals surface area contributed by atoms with Crippen molar-refractivity contribution in [3.63, 3.8) is 0 Å². The summed E-state index contributed by atoms with van der Waals surface area (Å²) in [6.07, 6.45) is 0. The minimum atomic E-state index is -0.182. The van der Waals surface area contributed by atoms with Gasteiger partial charge in [0.1, 0.15) is 37.1 Å². The molecule has 0 fully saturated rings. The third kappa shape index (κ3) is 7.72. The maximum absolute atomic E-state index is 12.4. The highest BCUT2D eigenvalue weighted by Crippen LogP contribution is 2.24. The molecule has 0 atom stereocenters. The summed E-state index contributed by atoms with van der Waals surface area (Å²) >= 11 is 0. The smallest absolute Gasteiger partial charge is 0.243 e. The molecule has 3 aromatic rings. The second-order valence-corrected chi connectivity index (χ2v) is 7.18. The highest BCUT2D eigenvalue weighted by molar-refractivity contribution is 5.95. The van der Waals surface area contributed by atoms with Crippen LogP contribution in [0.5, 0.6) is 17.2 Å². The number of amides is 1. The number of hydrogen-bond donors (Lipinski definition) is 2. The highest BCUT2D eigenvalue weighted by Gasteiger charge is 2.08. The number of rotatable bonds is 12. The average Bonchev–Trinajstić information content (AvgIpc) is 2.81. The van der Waals surface area contributed by atoms with Gasteiger partial charge >= 0.3 is 0 Å². The van der Waals surface area contributed by atoms with Crippen LogP contribution >= 0.6 is 0 Å². The molecule has 0 spiro atoms. The molecule has 0 aliphatic heterocycles. The largest absolute Gasteiger partial charge is 0.490 e. The van der Waals surface area contributed by atoms with E-state index in [1.807, 2.05) is 79.7 Å². The van der Waals surface area contributed by atoms with Crippen LogP contribution in [0.1, 0.15) is 6.92 Å². The zero-order chi connectivity index (χ0) is 22.6. The minimum absolute atomic E-state index is 0.107. The van der Waals surface area contributed by atoms with Crippen LogP contribution in [0.3, 0.4) is 0 Å². The number of anilines is 2. The van der Waals surface area contributed by atoms with E-state index in [1.165, 1.54) is 0 Å². The fourth-order valence-electron chi connectivity index (χ4n) is 2.81. The Labute approximate surface area is 188 Å². The molecule has 1 amide bonds. The van der Waals surface area contributed by atoms with E-state index in [4.69, 9.17) is 14.2 Å². The first-order valence-electron chi connectivity index (χ1n) is 10.4. The monoisotopic (exact) mass is 432 g/mol. The summed E-state index contributed by atoms with van der Waals surface area (Å²) in [5.74, 6) is 1.94. The van der Waals surface area contributed by atoms with Crippen LogP contribution in [0.15, 0.2) is 91.0 Å². The molecule has 3 rings (SSSR count). The summed E-state index contributed by atoms with van der Waals surface area (Å²) in [5.41, 5.74) is 2.31. The molecule has 0 saturated heterocycles. The number of carbonyl (C=O) groups is 1. The lowest BCUT2D eigenvalue weighted by molar-refractivity contribution is -0.114. The van der Waals surface area contributed by atoms with Gasteiger partial charge in [-0.15, -0.1) is 0 Å². The summed E-state index contributed by atoms with van der Waals surface area (Å²) in [4.78, 5) is 12.4. The van der Waals surface area contributed by atoms with Gasteiger partial charge in [0.15, 0.2) is 0 Å². The third-order valence-electron chi connectivity index (χ3n) is 4.29. The number of benzene rings is 3. The minimum Gasteiger partial charge on any atom is -0.490 e. The Kier molecular flexibility index (Phi) is 8.57. The number of ether oxygens (including phenoxy) is 3.